The van der Waals surface area contributed by atoms with Gasteiger partial charge in [0, 0.05) is 12.1 Å². The van der Waals surface area contributed by atoms with Gasteiger partial charge in [-0.05, 0) is 24.6 Å². The number of anilines is 1. The molecular formula is C15H16N2O3S. The molecule has 110 valence electrons. The Morgan fingerprint density at radius 1 is 1.33 bits per heavy atom. The first-order chi connectivity index (χ1) is 10.0. The standard InChI is InChI=1S/C15H16N2O3S/c1-21(18,19)17-12-7-8-14-13(9-12)16-10-15(20-14)11-5-3-2-4-6-11/h2-5,7-11,15,17H,6H2,1H3. The fraction of sp³-hybridized carbons (Fsp3) is 0.267. The predicted molar refractivity (Wildman–Crippen MR) is 83.9 cm³/mol. The maximum absolute atomic E-state index is 11.2. The fourth-order valence-corrected chi connectivity index (χ4v) is 2.92. The van der Waals surface area contributed by atoms with Gasteiger partial charge in [-0.3, -0.25) is 9.71 Å². The SMILES string of the molecule is CS(=O)(=O)Nc1ccc2c(c1)N=CC(C1C=CC=CC1)O2. The van der Waals surface area contributed by atoms with Gasteiger partial charge in [0.1, 0.15) is 17.5 Å². The van der Waals surface area contributed by atoms with Crippen molar-refractivity contribution in [2.45, 2.75) is 12.5 Å². The third-order valence-electron chi connectivity index (χ3n) is 3.32. The lowest BCUT2D eigenvalue weighted by atomic mass is 9.95. The molecule has 2 unspecified atom stereocenters. The van der Waals surface area contributed by atoms with E-state index in [1.54, 1.807) is 24.4 Å². The molecule has 0 radical (unpaired) electrons. The summed E-state index contributed by atoms with van der Waals surface area (Å²) >= 11 is 0. The summed E-state index contributed by atoms with van der Waals surface area (Å²) in [5.41, 5.74) is 1.12. The van der Waals surface area contributed by atoms with E-state index in [2.05, 4.69) is 21.9 Å². The predicted octanol–water partition coefficient (Wildman–Crippen LogP) is 2.65. The lowest BCUT2D eigenvalue weighted by molar-refractivity contribution is 0.222. The molecule has 1 aromatic rings. The monoisotopic (exact) mass is 304 g/mol. The van der Waals surface area contributed by atoms with Crippen LogP contribution in [0.4, 0.5) is 11.4 Å². The molecule has 21 heavy (non-hydrogen) atoms. The Morgan fingerprint density at radius 2 is 2.19 bits per heavy atom. The maximum Gasteiger partial charge on any atom is 0.229 e. The molecule has 2 atom stereocenters. The number of aliphatic imine (C=N–C) groups is 1. The Morgan fingerprint density at radius 3 is 2.90 bits per heavy atom. The van der Waals surface area contributed by atoms with Crippen LogP contribution in [0.2, 0.25) is 0 Å². The van der Waals surface area contributed by atoms with Crippen LogP contribution in [0.15, 0.2) is 47.5 Å². The minimum absolute atomic E-state index is 0.0904. The van der Waals surface area contributed by atoms with Crippen LogP contribution in [0.3, 0.4) is 0 Å². The molecule has 1 heterocycles. The first-order valence-corrected chi connectivity index (χ1v) is 8.56. The molecule has 1 aliphatic carbocycles. The van der Waals surface area contributed by atoms with Gasteiger partial charge < -0.3 is 4.74 Å². The van der Waals surface area contributed by atoms with Gasteiger partial charge in [-0.2, -0.15) is 0 Å². The largest absolute Gasteiger partial charge is 0.482 e. The third kappa shape index (κ3) is 3.33. The zero-order valence-electron chi connectivity index (χ0n) is 11.6. The number of hydrogen-bond donors (Lipinski definition) is 1. The molecular weight excluding hydrogens is 288 g/mol. The van der Waals surface area contributed by atoms with E-state index < -0.39 is 10.0 Å². The summed E-state index contributed by atoms with van der Waals surface area (Å²) in [7, 11) is -3.29. The number of sulfonamides is 1. The van der Waals surface area contributed by atoms with Gasteiger partial charge in [0.05, 0.1) is 11.9 Å². The van der Waals surface area contributed by atoms with Crippen molar-refractivity contribution in [1.29, 1.82) is 0 Å². The number of nitrogens with one attached hydrogen (secondary N) is 1. The van der Waals surface area contributed by atoms with Crippen LogP contribution < -0.4 is 9.46 Å². The van der Waals surface area contributed by atoms with Gasteiger partial charge in [-0.25, -0.2) is 8.42 Å². The van der Waals surface area contributed by atoms with Gasteiger partial charge in [-0.1, -0.05) is 24.3 Å². The molecule has 2 aliphatic rings. The summed E-state index contributed by atoms with van der Waals surface area (Å²) < 4.78 is 30.8. The minimum Gasteiger partial charge on any atom is -0.482 e. The summed E-state index contributed by atoms with van der Waals surface area (Å²) in [5, 5.41) is 0. The molecule has 6 heteroatoms. The van der Waals surface area contributed by atoms with Crippen molar-refractivity contribution in [3.8, 4) is 5.75 Å². The molecule has 1 N–H and O–H groups in total. The van der Waals surface area contributed by atoms with Crippen molar-refractivity contribution in [1.82, 2.24) is 0 Å². The third-order valence-corrected chi connectivity index (χ3v) is 3.93. The summed E-state index contributed by atoms with van der Waals surface area (Å²) in [5.74, 6) is 0.949. The molecule has 1 aliphatic heterocycles. The van der Waals surface area contributed by atoms with Crippen LogP contribution >= 0.6 is 0 Å². The number of hydrogen-bond acceptors (Lipinski definition) is 4. The molecule has 3 rings (SSSR count). The number of fused-ring (bicyclic) bond motifs is 1. The average Bonchev–Trinajstić information content (AvgIpc) is 2.46. The molecule has 0 spiro atoms. The quantitative estimate of drug-likeness (QED) is 0.933. The van der Waals surface area contributed by atoms with Crippen LogP contribution in [0.1, 0.15) is 6.42 Å². The van der Waals surface area contributed by atoms with Crippen molar-refractivity contribution in [2.24, 2.45) is 10.9 Å². The van der Waals surface area contributed by atoms with Crippen LogP contribution in [-0.2, 0) is 10.0 Å². The first kappa shape index (κ1) is 13.9. The highest BCUT2D eigenvalue weighted by Crippen LogP contribution is 2.35. The van der Waals surface area contributed by atoms with Crippen molar-refractivity contribution in [2.75, 3.05) is 11.0 Å². The van der Waals surface area contributed by atoms with Gasteiger partial charge in [-0.15, -0.1) is 0 Å². The van der Waals surface area contributed by atoms with E-state index in [4.69, 9.17) is 4.74 Å². The molecule has 0 aromatic heterocycles. The van der Waals surface area contributed by atoms with E-state index in [0.717, 1.165) is 12.7 Å². The smallest absolute Gasteiger partial charge is 0.229 e. The number of allylic oxidation sites excluding steroid dienone is 3. The van der Waals surface area contributed by atoms with E-state index in [1.165, 1.54) is 0 Å². The zero-order chi connectivity index (χ0) is 14.9. The van der Waals surface area contributed by atoms with Crippen molar-refractivity contribution in [3.05, 3.63) is 42.5 Å². The van der Waals surface area contributed by atoms with Gasteiger partial charge in [0.25, 0.3) is 0 Å². The van der Waals surface area contributed by atoms with Crippen LogP contribution in [0.5, 0.6) is 5.75 Å². The van der Waals surface area contributed by atoms with Gasteiger partial charge >= 0.3 is 0 Å². The highest BCUT2D eigenvalue weighted by atomic mass is 32.2. The highest BCUT2D eigenvalue weighted by Gasteiger charge is 2.23. The topological polar surface area (TPSA) is 67.8 Å². The van der Waals surface area contributed by atoms with E-state index in [-0.39, 0.29) is 12.0 Å². The Hall–Kier alpha value is -2.08. The Kier molecular flexibility index (Phi) is 3.55. The average molecular weight is 304 g/mol. The summed E-state index contributed by atoms with van der Waals surface area (Å²) in [6.45, 7) is 0. The Labute approximate surface area is 124 Å². The molecule has 0 saturated carbocycles. The molecule has 0 bridgehead atoms. The second-order valence-corrected chi connectivity index (χ2v) is 6.88. The van der Waals surface area contributed by atoms with Crippen LogP contribution in [0, 0.1) is 5.92 Å². The van der Waals surface area contributed by atoms with Crippen molar-refractivity contribution in [3.63, 3.8) is 0 Å². The molecule has 0 amide bonds. The normalized spacial score (nSPS) is 23.5. The second kappa shape index (κ2) is 5.37. The lowest BCUT2D eigenvalue weighted by Gasteiger charge is -2.26. The lowest BCUT2D eigenvalue weighted by Crippen LogP contribution is -2.29. The first-order valence-electron chi connectivity index (χ1n) is 6.67. The highest BCUT2D eigenvalue weighted by molar-refractivity contribution is 7.92. The van der Waals surface area contributed by atoms with E-state index in [0.29, 0.717) is 17.1 Å². The number of rotatable bonds is 3. The van der Waals surface area contributed by atoms with E-state index in [9.17, 15) is 8.42 Å². The summed E-state index contributed by atoms with van der Waals surface area (Å²) in [6, 6.07) is 5.09. The zero-order valence-corrected chi connectivity index (χ0v) is 12.4. The molecule has 0 fully saturated rings. The fourth-order valence-electron chi connectivity index (χ4n) is 2.37. The van der Waals surface area contributed by atoms with E-state index >= 15 is 0 Å². The second-order valence-electron chi connectivity index (χ2n) is 5.13. The maximum atomic E-state index is 11.2. The Bertz CT molecular complexity index is 735. The minimum atomic E-state index is -3.29. The van der Waals surface area contributed by atoms with Crippen molar-refractivity contribution < 1.29 is 13.2 Å². The van der Waals surface area contributed by atoms with E-state index in [1.807, 2.05) is 12.2 Å². The molecule has 1 aromatic carbocycles. The summed E-state index contributed by atoms with van der Waals surface area (Å²) in [4.78, 5) is 4.40. The Balaban J connectivity index is 1.79. The van der Waals surface area contributed by atoms with Crippen LogP contribution in [0.25, 0.3) is 0 Å². The van der Waals surface area contributed by atoms with Crippen molar-refractivity contribution >= 4 is 27.6 Å². The molecule has 0 saturated heterocycles. The van der Waals surface area contributed by atoms with Crippen LogP contribution in [-0.4, -0.2) is 27.0 Å². The number of benzene rings is 1. The summed E-state index contributed by atoms with van der Waals surface area (Å²) in [6.07, 6.45) is 12.0. The number of ether oxygens (including phenoxy) is 1. The van der Waals surface area contributed by atoms with Gasteiger partial charge in [0.15, 0.2) is 0 Å². The van der Waals surface area contributed by atoms with Gasteiger partial charge in [0.2, 0.25) is 10.0 Å². The molecule has 5 nitrogen and oxygen atoms in total. The number of nitrogens with zero attached hydrogens (tertiary/aromatic N) is 1.